The minimum absolute atomic E-state index is 0.0999. The van der Waals surface area contributed by atoms with Gasteiger partial charge < -0.3 is 25.6 Å². The number of amides is 4. The summed E-state index contributed by atoms with van der Waals surface area (Å²) < 4.78 is 5.07. The molecule has 184 valence electrons. The van der Waals surface area contributed by atoms with E-state index in [-0.39, 0.29) is 40.7 Å². The Morgan fingerprint density at radius 1 is 1.24 bits per heavy atom. The molecule has 0 spiro atoms. The van der Waals surface area contributed by atoms with E-state index in [1.54, 1.807) is 26.8 Å². The lowest BCUT2D eigenvalue weighted by atomic mass is 10.1. The summed E-state index contributed by atoms with van der Waals surface area (Å²) in [5, 5.41) is 8.28. The zero-order valence-electron chi connectivity index (χ0n) is 19.6. The quantitative estimate of drug-likeness (QED) is 0.516. The van der Waals surface area contributed by atoms with Crippen LogP contribution in [0.5, 0.6) is 0 Å². The second-order valence-electron chi connectivity index (χ2n) is 8.73. The molecule has 10 nitrogen and oxygen atoms in total. The lowest BCUT2D eigenvalue weighted by Crippen LogP contribution is -2.54. The highest BCUT2D eigenvalue weighted by Gasteiger charge is 2.39. The fraction of sp³-hybridized carbons (Fsp3) is 0.522. The number of ether oxygens (including phenoxy) is 1. The number of aryl methyl sites for hydroxylation is 1. The molecule has 3 N–H and O–H groups in total. The first-order valence-electron chi connectivity index (χ1n) is 11.2. The van der Waals surface area contributed by atoms with Crippen molar-refractivity contribution in [3.63, 3.8) is 0 Å². The highest BCUT2D eigenvalue weighted by molar-refractivity contribution is 6.34. The zero-order chi connectivity index (χ0) is 25.2. The number of hydrogen-bond acceptors (Lipinski definition) is 6. The summed E-state index contributed by atoms with van der Waals surface area (Å²) in [5.41, 5.74) is 1.24. The van der Waals surface area contributed by atoms with E-state index in [1.807, 2.05) is 0 Å². The number of cyclic esters (lactones) is 1. The molecule has 1 aromatic carbocycles. The molecule has 0 aliphatic carbocycles. The maximum Gasteiger partial charge on any atom is 0.308 e. The Morgan fingerprint density at radius 3 is 2.56 bits per heavy atom. The number of esters is 1. The smallest absolute Gasteiger partial charge is 0.308 e. The molecule has 3 rings (SSSR count). The van der Waals surface area contributed by atoms with Crippen molar-refractivity contribution in [1.29, 1.82) is 0 Å². The fourth-order valence-electron chi connectivity index (χ4n) is 4.23. The van der Waals surface area contributed by atoms with Gasteiger partial charge in [-0.1, -0.05) is 11.6 Å². The molecule has 1 aromatic rings. The molecule has 0 radical (unpaired) electrons. The van der Waals surface area contributed by atoms with Gasteiger partial charge in [-0.15, -0.1) is 0 Å². The van der Waals surface area contributed by atoms with Crippen LogP contribution in [0.1, 0.15) is 56.0 Å². The van der Waals surface area contributed by atoms with Crippen molar-refractivity contribution in [3.8, 4) is 0 Å². The standard InChI is InChI=1S/C23H29ClN4O6/c1-11-8-18(26-14(4)29)16(24)9-15(11)21(31)25-12(2)23(33)28-7-5-6-19(28)22(32)27-17-10-20(30)34-13(17)3/h8-9,12-13,17,19H,5-7,10H2,1-4H3,(H,25,31)(H,26,29)(H,27,32). The van der Waals surface area contributed by atoms with Gasteiger partial charge in [0.25, 0.3) is 5.91 Å². The monoisotopic (exact) mass is 492 g/mol. The van der Waals surface area contributed by atoms with Crippen molar-refractivity contribution in [2.24, 2.45) is 0 Å². The van der Waals surface area contributed by atoms with Crippen molar-refractivity contribution in [3.05, 3.63) is 28.3 Å². The minimum atomic E-state index is -0.885. The van der Waals surface area contributed by atoms with Crippen LogP contribution < -0.4 is 16.0 Å². The molecule has 2 fully saturated rings. The summed E-state index contributed by atoms with van der Waals surface area (Å²) in [6.07, 6.45) is 0.822. The number of halogens is 1. The van der Waals surface area contributed by atoms with Crippen molar-refractivity contribution >= 4 is 46.9 Å². The molecule has 11 heteroatoms. The van der Waals surface area contributed by atoms with Gasteiger partial charge in [0.2, 0.25) is 17.7 Å². The molecule has 2 aliphatic rings. The summed E-state index contributed by atoms with van der Waals surface area (Å²) in [7, 11) is 0. The summed E-state index contributed by atoms with van der Waals surface area (Å²) >= 11 is 6.19. The average molecular weight is 493 g/mol. The normalized spacial score (nSPS) is 22.7. The van der Waals surface area contributed by atoms with Gasteiger partial charge in [-0.3, -0.25) is 24.0 Å². The first-order chi connectivity index (χ1) is 16.0. The van der Waals surface area contributed by atoms with E-state index in [2.05, 4.69) is 16.0 Å². The summed E-state index contributed by atoms with van der Waals surface area (Å²) in [5.74, 6) is -1.87. The number of rotatable bonds is 6. The molecule has 34 heavy (non-hydrogen) atoms. The predicted molar refractivity (Wildman–Crippen MR) is 124 cm³/mol. The molecule has 2 aliphatic heterocycles. The van der Waals surface area contributed by atoms with Crippen LogP contribution in [-0.4, -0.2) is 65.3 Å². The number of nitrogens with one attached hydrogen (secondary N) is 3. The lowest BCUT2D eigenvalue weighted by molar-refractivity contribution is -0.141. The molecule has 4 unspecified atom stereocenters. The van der Waals surface area contributed by atoms with E-state index in [1.165, 1.54) is 17.9 Å². The van der Waals surface area contributed by atoms with Crippen LogP contribution in [0.25, 0.3) is 0 Å². The Morgan fingerprint density at radius 2 is 1.94 bits per heavy atom. The van der Waals surface area contributed by atoms with Crippen LogP contribution >= 0.6 is 11.6 Å². The van der Waals surface area contributed by atoms with Crippen molar-refractivity contribution in [2.75, 3.05) is 11.9 Å². The Kier molecular flexibility index (Phi) is 7.81. The van der Waals surface area contributed by atoms with Gasteiger partial charge in [0.15, 0.2) is 0 Å². The number of carbonyl (C=O) groups excluding carboxylic acids is 5. The summed E-state index contributed by atoms with van der Waals surface area (Å²) in [6, 6.07) is 1.03. The van der Waals surface area contributed by atoms with E-state index in [4.69, 9.17) is 16.3 Å². The SMILES string of the molecule is CC(=O)Nc1cc(C)c(C(=O)NC(C)C(=O)N2CCCC2C(=O)NC2CC(=O)OC2C)cc1Cl. The molecule has 4 atom stereocenters. The van der Waals surface area contributed by atoms with Crippen LogP contribution in [0, 0.1) is 6.92 Å². The van der Waals surface area contributed by atoms with E-state index in [9.17, 15) is 24.0 Å². The molecular formula is C23H29ClN4O6. The third-order valence-corrected chi connectivity index (χ3v) is 6.34. The van der Waals surface area contributed by atoms with E-state index < -0.39 is 30.1 Å². The number of benzene rings is 1. The first kappa shape index (κ1) is 25.5. The molecule has 2 heterocycles. The highest BCUT2D eigenvalue weighted by Crippen LogP contribution is 2.26. The van der Waals surface area contributed by atoms with Crippen LogP contribution in [0.3, 0.4) is 0 Å². The number of anilines is 1. The number of likely N-dealkylation sites (tertiary alicyclic amines) is 1. The Hall–Kier alpha value is -3.14. The van der Waals surface area contributed by atoms with Crippen LogP contribution in [-0.2, 0) is 23.9 Å². The van der Waals surface area contributed by atoms with E-state index in [0.29, 0.717) is 30.6 Å². The average Bonchev–Trinajstić information content (AvgIpc) is 3.35. The fourth-order valence-corrected chi connectivity index (χ4v) is 4.44. The van der Waals surface area contributed by atoms with Gasteiger partial charge >= 0.3 is 5.97 Å². The summed E-state index contributed by atoms with van der Waals surface area (Å²) in [6.45, 7) is 6.71. The van der Waals surface area contributed by atoms with E-state index in [0.717, 1.165) is 0 Å². The third-order valence-electron chi connectivity index (χ3n) is 6.02. The molecule has 2 saturated heterocycles. The summed E-state index contributed by atoms with van der Waals surface area (Å²) in [4.78, 5) is 63.0. The molecular weight excluding hydrogens is 464 g/mol. The highest BCUT2D eigenvalue weighted by atomic mass is 35.5. The number of nitrogens with zero attached hydrogens (tertiary/aromatic N) is 1. The van der Waals surface area contributed by atoms with Crippen LogP contribution in [0.4, 0.5) is 5.69 Å². The van der Waals surface area contributed by atoms with Gasteiger partial charge in [-0.25, -0.2) is 0 Å². The van der Waals surface area contributed by atoms with Crippen molar-refractivity contribution < 1.29 is 28.7 Å². The van der Waals surface area contributed by atoms with Crippen molar-refractivity contribution in [1.82, 2.24) is 15.5 Å². The maximum atomic E-state index is 13.1. The Labute approximate surface area is 202 Å². The molecule has 0 saturated carbocycles. The first-order valence-corrected chi connectivity index (χ1v) is 11.5. The predicted octanol–water partition coefficient (Wildman–Crippen LogP) is 1.54. The lowest BCUT2D eigenvalue weighted by Gasteiger charge is -2.28. The zero-order valence-corrected chi connectivity index (χ0v) is 20.3. The number of hydrogen-bond donors (Lipinski definition) is 3. The van der Waals surface area contributed by atoms with Crippen LogP contribution in [0.15, 0.2) is 12.1 Å². The van der Waals surface area contributed by atoms with Gasteiger partial charge in [0.1, 0.15) is 18.2 Å². The molecule has 0 bridgehead atoms. The van der Waals surface area contributed by atoms with E-state index >= 15 is 0 Å². The van der Waals surface area contributed by atoms with Gasteiger partial charge in [-0.05, 0) is 51.3 Å². The third kappa shape index (κ3) is 5.67. The second kappa shape index (κ2) is 10.4. The minimum Gasteiger partial charge on any atom is -0.460 e. The largest absolute Gasteiger partial charge is 0.460 e. The van der Waals surface area contributed by atoms with Gasteiger partial charge in [0, 0.05) is 19.0 Å². The second-order valence-corrected chi connectivity index (χ2v) is 9.13. The topological polar surface area (TPSA) is 134 Å². The Bertz CT molecular complexity index is 1030. The molecule has 0 aromatic heterocycles. The van der Waals surface area contributed by atoms with Gasteiger partial charge in [0.05, 0.1) is 23.2 Å². The Balaban J connectivity index is 1.64. The van der Waals surface area contributed by atoms with Crippen LogP contribution in [0.2, 0.25) is 5.02 Å². The van der Waals surface area contributed by atoms with Gasteiger partial charge in [-0.2, -0.15) is 0 Å². The van der Waals surface area contributed by atoms with Crippen molar-refractivity contribution in [2.45, 2.75) is 71.2 Å². The maximum absolute atomic E-state index is 13.1. The molecule has 4 amide bonds. The number of carbonyl (C=O) groups is 5.